The van der Waals surface area contributed by atoms with Gasteiger partial charge in [-0.1, -0.05) is 64.2 Å². The van der Waals surface area contributed by atoms with Crippen molar-refractivity contribution in [2.75, 3.05) is 6.61 Å². The Morgan fingerprint density at radius 3 is 2.26 bits per heavy atom. The van der Waals surface area contributed by atoms with Gasteiger partial charge in [-0.2, -0.15) is 0 Å². The van der Waals surface area contributed by atoms with E-state index in [2.05, 4.69) is 19.2 Å². The molecule has 0 bridgehead atoms. The number of amides is 1. The first kappa shape index (κ1) is 28.2. The Labute approximate surface area is 207 Å². The van der Waals surface area contributed by atoms with Crippen molar-refractivity contribution in [2.45, 2.75) is 117 Å². The highest BCUT2D eigenvalue weighted by molar-refractivity contribution is 5.84. The summed E-state index contributed by atoms with van der Waals surface area (Å²) in [6.07, 6.45) is 9.91. The van der Waals surface area contributed by atoms with Gasteiger partial charge in [-0.3, -0.25) is 9.59 Å². The van der Waals surface area contributed by atoms with E-state index in [-0.39, 0.29) is 23.8 Å². The summed E-state index contributed by atoms with van der Waals surface area (Å²) in [7, 11) is 0. The van der Waals surface area contributed by atoms with Crippen molar-refractivity contribution < 1.29 is 19.1 Å². The van der Waals surface area contributed by atoms with Crippen LogP contribution in [0.4, 0.5) is 0 Å². The van der Waals surface area contributed by atoms with Gasteiger partial charge in [-0.15, -0.1) is 0 Å². The number of carbonyl (C=O) groups excluding carboxylic acids is 2. The number of ether oxygens (including phenoxy) is 2. The van der Waals surface area contributed by atoms with E-state index in [1.165, 1.54) is 0 Å². The van der Waals surface area contributed by atoms with Crippen LogP contribution in [-0.4, -0.2) is 30.1 Å². The lowest BCUT2D eigenvalue weighted by Crippen LogP contribution is -2.46. The Kier molecular flexibility index (Phi) is 11.4. The van der Waals surface area contributed by atoms with Gasteiger partial charge in [0.05, 0.1) is 17.9 Å². The quantitative estimate of drug-likeness (QED) is 0.300. The second-order valence-electron chi connectivity index (χ2n) is 11.0. The molecule has 1 N–H and O–H groups in total. The first-order chi connectivity index (χ1) is 16.2. The molecule has 0 aromatic heterocycles. The zero-order valence-electron chi connectivity index (χ0n) is 22.2. The van der Waals surface area contributed by atoms with Gasteiger partial charge in [0.15, 0.2) is 0 Å². The number of nitrogens with one attached hydrogen (secondary N) is 1. The summed E-state index contributed by atoms with van der Waals surface area (Å²) in [5, 5.41) is 3.38. The molecule has 1 saturated carbocycles. The second-order valence-corrected chi connectivity index (χ2v) is 11.0. The third kappa shape index (κ3) is 9.31. The predicted molar refractivity (Wildman–Crippen MR) is 138 cm³/mol. The van der Waals surface area contributed by atoms with Crippen LogP contribution in [-0.2, 0) is 14.3 Å². The molecule has 0 aliphatic heterocycles. The third-order valence-electron chi connectivity index (χ3n) is 6.78. The molecule has 0 unspecified atom stereocenters. The van der Waals surface area contributed by atoms with Crippen LogP contribution in [0, 0.1) is 11.3 Å². The number of hydrogen-bond donors (Lipinski definition) is 1. The molecule has 192 valence electrons. The number of benzene rings is 1. The van der Waals surface area contributed by atoms with Crippen molar-refractivity contribution in [3.63, 3.8) is 0 Å². The number of carbonyl (C=O) groups is 2. The van der Waals surface area contributed by atoms with Crippen molar-refractivity contribution >= 4 is 11.9 Å². The van der Waals surface area contributed by atoms with Gasteiger partial charge in [0.25, 0.3) is 0 Å². The molecule has 1 fully saturated rings. The maximum Gasteiger partial charge on any atom is 0.309 e. The smallest absolute Gasteiger partial charge is 0.309 e. The first-order valence-electron chi connectivity index (χ1n) is 13.4. The fraction of sp³-hybridized carbons (Fsp3) is 0.724. The molecule has 1 aliphatic rings. The standard InChI is InChI=1S/C29H47NO4/c1-6-8-15-24(18-21-33-25-16-10-9-11-17-25)30-27(32)29(19-12-13-20-29)22-23(14-7-2)26(31)34-28(3,4)5/h9-11,16-17,23-24H,6-8,12-15,18-22H2,1-5H3,(H,30,32)/t23-,24-/m1/s1. The fourth-order valence-electron chi connectivity index (χ4n) is 5.00. The molecule has 2 rings (SSSR count). The van der Waals surface area contributed by atoms with Gasteiger partial charge in [0.1, 0.15) is 11.4 Å². The topological polar surface area (TPSA) is 64.6 Å². The molecule has 0 spiro atoms. The molecule has 1 aromatic rings. The van der Waals surface area contributed by atoms with Crippen molar-refractivity contribution in [1.82, 2.24) is 5.32 Å². The minimum absolute atomic E-state index is 0.0831. The van der Waals surface area contributed by atoms with E-state index in [4.69, 9.17) is 9.47 Å². The Morgan fingerprint density at radius 1 is 1.00 bits per heavy atom. The van der Waals surface area contributed by atoms with Crippen LogP contribution in [0.5, 0.6) is 5.75 Å². The summed E-state index contributed by atoms with van der Waals surface area (Å²) < 4.78 is 11.6. The van der Waals surface area contributed by atoms with E-state index < -0.39 is 11.0 Å². The van der Waals surface area contributed by atoms with Gasteiger partial charge in [-0.25, -0.2) is 0 Å². The average Bonchev–Trinajstić information content (AvgIpc) is 3.26. The number of unbranched alkanes of at least 4 members (excludes halogenated alkanes) is 1. The largest absolute Gasteiger partial charge is 0.494 e. The highest BCUT2D eigenvalue weighted by Crippen LogP contribution is 2.45. The van der Waals surface area contributed by atoms with Gasteiger partial charge in [-0.05, 0) is 65.0 Å². The molecule has 0 radical (unpaired) electrons. The van der Waals surface area contributed by atoms with Crippen LogP contribution in [0.3, 0.4) is 0 Å². The van der Waals surface area contributed by atoms with Crippen molar-refractivity contribution in [1.29, 1.82) is 0 Å². The summed E-state index contributed by atoms with van der Waals surface area (Å²) >= 11 is 0. The lowest BCUT2D eigenvalue weighted by Gasteiger charge is -2.34. The van der Waals surface area contributed by atoms with Crippen LogP contribution >= 0.6 is 0 Å². The minimum atomic E-state index is -0.516. The van der Waals surface area contributed by atoms with E-state index >= 15 is 0 Å². The Morgan fingerprint density at radius 2 is 1.68 bits per heavy atom. The van der Waals surface area contributed by atoms with Gasteiger partial charge in [0, 0.05) is 12.5 Å². The van der Waals surface area contributed by atoms with Gasteiger partial charge >= 0.3 is 5.97 Å². The van der Waals surface area contributed by atoms with Crippen molar-refractivity contribution in [3.8, 4) is 5.75 Å². The molecule has 2 atom stereocenters. The van der Waals surface area contributed by atoms with Crippen LogP contribution in [0.2, 0.25) is 0 Å². The molecule has 0 heterocycles. The maximum atomic E-state index is 13.7. The number of hydrogen-bond acceptors (Lipinski definition) is 4. The van der Waals surface area contributed by atoms with E-state index in [0.29, 0.717) is 13.0 Å². The highest BCUT2D eigenvalue weighted by atomic mass is 16.6. The third-order valence-corrected chi connectivity index (χ3v) is 6.78. The molecule has 5 heteroatoms. The van der Waals surface area contributed by atoms with Crippen LogP contribution in [0.25, 0.3) is 0 Å². The molecule has 1 aliphatic carbocycles. The monoisotopic (exact) mass is 473 g/mol. The number of rotatable bonds is 14. The summed E-state index contributed by atoms with van der Waals surface area (Å²) in [6, 6.07) is 9.90. The molecule has 5 nitrogen and oxygen atoms in total. The Balaban J connectivity index is 2.06. The zero-order valence-corrected chi connectivity index (χ0v) is 22.2. The Bertz CT molecular complexity index is 734. The normalized spacial score (nSPS) is 17.1. The Hall–Kier alpha value is -2.04. The van der Waals surface area contributed by atoms with Crippen LogP contribution in [0.1, 0.15) is 105 Å². The average molecular weight is 474 g/mol. The van der Waals surface area contributed by atoms with Crippen LogP contribution < -0.4 is 10.1 Å². The lowest BCUT2D eigenvalue weighted by molar-refractivity contribution is -0.162. The van der Waals surface area contributed by atoms with E-state index in [0.717, 1.165) is 70.0 Å². The first-order valence-corrected chi connectivity index (χ1v) is 13.4. The van der Waals surface area contributed by atoms with Crippen molar-refractivity contribution in [3.05, 3.63) is 30.3 Å². The zero-order chi connectivity index (χ0) is 25.0. The lowest BCUT2D eigenvalue weighted by atomic mass is 9.75. The number of esters is 1. The summed E-state index contributed by atoms with van der Waals surface area (Å²) in [6.45, 7) is 10.5. The number of para-hydroxylation sites is 1. The maximum absolute atomic E-state index is 13.7. The molecule has 1 amide bonds. The van der Waals surface area contributed by atoms with Crippen LogP contribution in [0.15, 0.2) is 30.3 Å². The SMILES string of the molecule is CCCC[C@H](CCOc1ccccc1)NC(=O)C1(C[C@@H](CCC)C(=O)OC(C)(C)C)CCCC1. The highest BCUT2D eigenvalue weighted by Gasteiger charge is 2.45. The van der Waals surface area contributed by atoms with Gasteiger partial charge in [0.2, 0.25) is 5.91 Å². The molecule has 0 saturated heterocycles. The van der Waals surface area contributed by atoms with Crippen molar-refractivity contribution in [2.24, 2.45) is 11.3 Å². The predicted octanol–water partition coefficient (Wildman–Crippen LogP) is 6.84. The van der Waals surface area contributed by atoms with E-state index in [9.17, 15) is 9.59 Å². The fourth-order valence-corrected chi connectivity index (χ4v) is 5.00. The molecular formula is C29H47NO4. The molecule has 34 heavy (non-hydrogen) atoms. The van der Waals surface area contributed by atoms with Gasteiger partial charge < -0.3 is 14.8 Å². The van der Waals surface area contributed by atoms with E-state index in [1.54, 1.807) is 0 Å². The molecule has 1 aromatic carbocycles. The summed E-state index contributed by atoms with van der Waals surface area (Å²) in [5.41, 5.74) is -0.986. The second kappa shape index (κ2) is 13.7. The molecular weight excluding hydrogens is 426 g/mol. The minimum Gasteiger partial charge on any atom is -0.494 e. The summed E-state index contributed by atoms with van der Waals surface area (Å²) in [5.74, 6) is 0.585. The summed E-state index contributed by atoms with van der Waals surface area (Å²) in [4.78, 5) is 26.7. The van der Waals surface area contributed by atoms with E-state index in [1.807, 2.05) is 51.1 Å².